The average molecular weight is 352 g/mol. The van der Waals surface area contributed by atoms with Crippen molar-refractivity contribution in [2.45, 2.75) is 19.3 Å². The summed E-state index contributed by atoms with van der Waals surface area (Å²) in [5, 5.41) is 2.89. The molecule has 0 bridgehead atoms. The quantitative estimate of drug-likeness (QED) is 0.869. The molecule has 1 aliphatic rings. The number of anilines is 1. The van der Waals surface area contributed by atoms with Gasteiger partial charge < -0.3 is 15.0 Å². The minimum atomic E-state index is -0.0306. The summed E-state index contributed by atoms with van der Waals surface area (Å²) in [6.45, 7) is 2.36. The zero-order chi connectivity index (χ0) is 18.2. The Balaban J connectivity index is 1.51. The van der Waals surface area contributed by atoms with E-state index in [0.717, 1.165) is 12.8 Å². The summed E-state index contributed by atoms with van der Waals surface area (Å²) in [7, 11) is 0. The zero-order valence-corrected chi connectivity index (χ0v) is 14.8. The molecule has 26 heavy (non-hydrogen) atoms. The number of amides is 2. The predicted octanol–water partition coefficient (Wildman–Crippen LogP) is 3.12. The molecule has 1 heterocycles. The van der Waals surface area contributed by atoms with Crippen LogP contribution >= 0.6 is 0 Å². The molecule has 2 amide bonds. The standard InChI is InChI=1S/C21H24N2O3/c24-20(11-4-8-17-6-2-1-3-7-17)22-19-10-5-9-18(16-19)21(25)23-12-14-26-15-13-23/h1-3,5-7,9-10,16H,4,8,11-15H2,(H,22,24). The molecule has 3 rings (SSSR count). The van der Waals surface area contributed by atoms with E-state index in [1.165, 1.54) is 5.56 Å². The lowest BCUT2D eigenvalue weighted by atomic mass is 10.1. The van der Waals surface area contributed by atoms with Crippen LogP contribution in [0.5, 0.6) is 0 Å². The number of aryl methyl sites for hydroxylation is 1. The summed E-state index contributed by atoms with van der Waals surface area (Å²) < 4.78 is 5.28. The van der Waals surface area contributed by atoms with Crippen molar-refractivity contribution in [1.29, 1.82) is 0 Å². The highest BCUT2D eigenvalue weighted by Crippen LogP contribution is 2.15. The first-order chi connectivity index (χ1) is 12.7. The molecular formula is C21H24N2O3. The fraction of sp³-hybridized carbons (Fsp3) is 0.333. The second kappa shape index (κ2) is 9.15. The molecule has 0 saturated carbocycles. The Labute approximate surface area is 154 Å². The molecule has 0 atom stereocenters. The van der Waals surface area contributed by atoms with Crippen LogP contribution in [0.2, 0.25) is 0 Å². The fourth-order valence-corrected chi connectivity index (χ4v) is 3.00. The van der Waals surface area contributed by atoms with Gasteiger partial charge in [-0.25, -0.2) is 0 Å². The first kappa shape index (κ1) is 18.1. The molecule has 0 unspecified atom stereocenters. The van der Waals surface area contributed by atoms with E-state index < -0.39 is 0 Å². The highest BCUT2D eigenvalue weighted by Gasteiger charge is 2.18. The van der Waals surface area contributed by atoms with Crippen molar-refractivity contribution in [2.24, 2.45) is 0 Å². The largest absolute Gasteiger partial charge is 0.378 e. The molecule has 1 N–H and O–H groups in total. The van der Waals surface area contributed by atoms with Crippen molar-refractivity contribution in [3.8, 4) is 0 Å². The molecular weight excluding hydrogens is 328 g/mol. The lowest BCUT2D eigenvalue weighted by molar-refractivity contribution is -0.116. The van der Waals surface area contributed by atoms with Gasteiger partial charge in [-0.15, -0.1) is 0 Å². The average Bonchev–Trinajstić information content (AvgIpc) is 2.69. The lowest BCUT2D eigenvalue weighted by Crippen LogP contribution is -2.40. The number of rotatable bonds is 6. The van der Waals surface area contributed by atoms with Gasteiger partial charge in [-0.05, 0) is 36.6 Å². The molecule has 5 nitrogen and oxygen atoms in total. The van der Waals surface area contributed by atoms with Crippen LogP contribution in [0.25, 0.3) is 0 Å². The zero-order valence-electron chi connectivity index (χ0n) is 14.8. The van der Waals surface area contributed by atoms with Crippen molar-refractivity contribution in [3.05, 3.63) is 65.7 Å². The van der Waals surface area contributed by atoms with Crippen LogP contribution in [0, 0.1) is 0 Å². The number of carbonyl (C=O) groups excluding carboxylic acids is 2. The molecule has 136 valence electrons. The number of ether oxygens (including phenoxy) is 1. The highest BCUT2D eigenvalue weighted by molar-refractivity contribution is 5.97. The van der Waals surface area contributed by atoms with Crippen LogP contribution in [0.1, 0.15) is 28.8 Å². The maximum Gasteiger partial charge on any atom is 0.254 e. The van der Waals surface area contributed by atoms with Crippen molar-refractivity contribution in [2.75, 3.05) is 31.6 Å². The van der Waals surface area contributed by atoms with E-state index in [2.05, 4.69) is 17.4 Å². The molecule has 0 spiro atoms. The summed E-state index contributed by atoms with van der Waals surface area (Å²) >= 11 is 0. The maximum absolute atomic E-state index is 12.5. The van der Waals surface area contributed by atoms with E-state index in [1.54, 1.807) is 23.1 Å². The number of benzene rings is 2. The van der Waals surface area contributed by atoms with E-state index in [9.17, 15) is 9.59 Å². The Kier molecular flexibility index (Phi) is 6.39. The normalized spacial score (nSPS) is 14.1. The number of morpholine rings is 1. The van der Waals surface area contributed by atoms with Gasteiger partial charge >= 0.3 is 0 Å². The molecule has 1 fully saturated rings. The van der Waals surface area contributed by atoms with Gasteiger partial charge in [0.25, 0.3) is 5.91 Å². The van der Waals surface area contributed by atoms with Gasteiger partial charge in [0.2, 0.25) is 5.91 Å². The number of hydrogen-bond acceptors (Lipinski definition) is 3. The van der Waals surface area contributed by atoms with Crippen molar-refractivity contribution in [1.82, 2.24) is 4.90 Å². The van der Waals surface area contributed by atoms with Crippen LogP contribution in [-0.4, -0.2) is 43.0 Å². The number of nitrogens with one attached hydrogen (secondary N) is 1. The van der Waals surface area contributed by atoms with Crippen molar-refractivity contribution in [3.63, 3.8) is 0 Å². The summed E-state index contributed by atoms with van der Waals surface area (Å²) in [5.41, 5.74) is 2.49. The van der Waals surface area contributed by atoms with E-state index in [-0.39, 0.29) is 11.8 Å². The summed E-state index contributed by atoms with van der Waals surface area (Å²) in [4.78, 5) is 26.5. The minimum Gasteiger partial charge on any atom is -0.378 e. The molecule has 1 saturated heterocycles. The molecule has 0 aliphatic carbocycles. The Morgan fingerprint density at radius 1 is 1.00 bits per heavy atom. The maximum atomic E-state index is 12.5. The smallest absolute Gasteiger partial charge is 0.254 e. The monoisotopic (exact) mass is 352 g/mol. The Bertz CT molecular complexity index is 740. The third kappa shape index (κ3) is 5.17. The van der Waals surface area contributed by atoms with Gasteiger partial charge in [-0.2, -0.15) is 0 Å². The molecule has 0 radical (unpaired) electrons. The third-order valence-electron chi connectivity index (χ3n) is 4.40. The number of hydrogen-bond donors (Lipinski definition) is 1. The molecule has 1 aliphatic heterocycles. The number of carbonyl (C=O) groups is 2. The molecule has 5 heteroatoms. The summed E-state index contributed by atoms with van der Waals surface area (Å²) in [6, 6.07) is 17.3. The van der Waals surface area contributed by atoms with E-state index in [1.807, 2.05) is 24.3 Å². The van der Waals surface area contributed by atoms with Crippen molar-refractivity contribution < 1.29 is 14.3 Å². The van der Waals surface area contributed by atoms with Gasteiger partial charge in [0.15, 0.2) is 0 Å². The summed E-state index contributed by atoms with van der Waals surface area (Å²) in [6.07, 6.45) is 2.13. The van der Waals surface area contributed by atoms with Crippen LogP contribution in [0.3, 0.4) is 0 Å². The fourth-order valence-electron chi connectivity index (χ4n) is 3.00. The lowest BCUT2D eigenvalue weighted by Gasteiger charge is -2.27. The Morgan fingerprint density at radius 3 is 2.54 bits per heavy atom. The van der Waals surface area contributed by atoms with Gasteiger partial charge in [0, 0.05) is 30.8 Å². The molecule has 2 aromatic rings. The van der Waals surface area contributed by atoms with Gasteiger partial charge in [0.05, 0.1) is 13.2 Å². The minimum absolute atomic E-state index is 0.0199. The van der Waals surface area contributed by atoms with Crippen LogP contribution < -0.4 is 5.32 Å². The molecule has 2 aromatic carbocycles. The predicted molar refractivity (Wildman–Crippen MR) is 101 cm³/mol. The van der Waals surface area contributed by atoms with Crippen molar-refractivity contribution >= 4 is 17.5 Å². The molecule has 0 aromatic heterocycles. The second-order valence-corrected chi connectivity index (χ2v) is 6.37. The van der Waals surface area contributed by atoms with Crippen LogP contribution in [-0.2, 0) is 16.0 Å². The Morgan fingerprint density at radius 2 is 1.77 bits per heavy atom. The first-order valence-corrected chi connectivity index (χ1v) is 9.03. The van der Waals surface area contributed by atoms with E-state index >= 15 is 0 Å². The van der Waals surface area contributed by atoms with E-state index in [0.29, 0.717) is 44.0 Å². The van der Waals surface area contributed by atoms with Crippen LogP contribution in [0.4, 0.5) is 5.69 Å². The summed E-state index contributed by atoms with van der Waals surface area (Å²) in [5.74, 6) is -0.0506. The van der Waals surface area contributed by atoms with Gasteiger partial charge in [-0.1, -0.05) is 36.4 Å². The topological polar surface area (TPSA) is 58.6 Å². The number of nitrogens with zero attached hydrogens (tertiary/aromatic N) is 1. The second-order valence-electron chi connectivity index (χ2n) is 6.37. The van der Waals surface area contributed by atoms with E-state index in [4.69, 9.17) is 4.74 Å². The Hall–Kier alpha value is -2.66. The first-order valence-electron chi connectivity index (χ1n) is 9.03. The van der Waals surface area contributed by atoms with Gasteiger partial charge in [-0.3, -0.25) is 9.59 Å². The van der Waals surface area contributed by atoms with Gasteiger partial charge in [0.1, 0.15) is 0 Å². The third-order valence-corrected chi connectivity index (χ3v) is 4.40. The van der Waals surface area contributed by atoms with Crippen LogP contribution in [0.15, 0.2) is 54.6 Å². The SMILES string of the molecule is O=C(CCCc1ccccc1)Nc1cccc(C(=O)N2CCOCC2)c1. The highest BCUT2D eigenvalue weighted by atomic mass is 16.5.